The number of halogens is 1. The monoisotopic (exact) mass is 445 g/mol. The van der Waals surface area contributed by atoms with Gasteiger partial charge in [0.2, 0.25) is 0 Å². The molecule has 158 valence electrons. The van der Waals surface area contributed by atoms with Crippen molar-refractivity contribution in [3.63, 3.8) is 0 Å². The highest BCUT2D eigenvalue weighted by Gasteiger charge is 2.19. The molecule has 2 aromatic carbocycles. The van der Waals surface area contributed by atoms with Gasteiger partial charge >= 0.3 is 0 Å². The summed E-state index contributed by atoms with van der Waals surface area (Å²) in [6, 6.07) is 13.3. The summed E-state index contributed by atoms with van der Waals surface area (Å²) in [5.74, 6) is -0.443. The lowest BCUT2D eigenvalue weighted by molar-refractivity contribution is 0.0950. The van der Waals surface area contributed by atoms with Gasteiger partial charge in [-0.3, -0.25) is 9.52 Å². The van der Waals surface area contributed by atoms with Crippen molar-refractivity contribution in [1.29, 1.82) is 0 Å². The topological polar surface area (TPSA) is 80.2 Å². The van der Waals surface area contributed by atoms with Gasteiger partial charge < -0.3 is 9.88 Å². The third-order valence-electron chi connectivity index (χ3n) is 5.16. The van der Waals surface area contributed by atoms with Crippen LogP contribution in [0.3, 0.4) is 0 Å². The molecule has 3 rings (SSSR count). The van der Waals surface area contributed by atoms with Gasteiger partial charge in [0.25, 0.3) is 15.9 Å². The van der Waals surface area contributed by atoms with Crippen LogP contribution in [0.15, 0.2) is 53.4 Å². The number of nitrogens with zero attached hydrogens (tertiary/aromatic N) is 1. The van der Waals surface area contributed by atoms with Crippen molar-refractivity contribution in [1.82, 2.24) is 9.88 Å². The number of anilines is 1. The van der Waals surface area contributed by atoms with Crippen LogP contribution in [0.25, 0.3) is 0 Å². The van der Waals surface area contributed by atoms with Crippen molar-refractivity contribution in [2.24, 2.45) is 7.05 Å². The molecule has 0 bridgehead atoms. The second kappa shape index (κ2) is 8.53. The summed E-state index contributed by atoms with van der Waals surface area (Å²) in [4.78, 5) is 12.6. The molecule has 8 heteroatoms. The third-order valence-corrected chi connectivity index (χ3v) is 6.87. The summed E-state index contributed by atoms with van der Waals surface area (Å²) in [6.45, 7) is 6.14. The van der Waals surface area contributed by atoms with E-state index in [-0.39, 0.29) is 15.5 Å². The highest BCUT2D eigenvalue weighted by molar-refractivity contribution is 7.92. The number of sulfonamides is 1. The molecule has 0 saturated heterocycles. The van der Waals surface area contributed by atoms with E-state index in [2.05, 4.69) is 10.0 Å². The fourth-order valence-corrected chi connectivity index (χ4v) is 4.25. The Morgan fingerprint density at radius 1 is 1.00 bits per heavy atom. The lowest BCUT2D eigenvalue weighted by atomic mass is 10.1. The number of nitrogens with one attached hydrogen (secondary N) is 2. The molecule has 1 aromatic heterocycles. The Morgan fingerprint density at radius 2 is 1.73 bits per heavy atom. The van der Waals surface area contributed by atoms with Crippen LogP contribution in [0.1, 0.15) is 32.9 Å². The molecule has 0 fully saturated rings. The Bertz CT molecular complexity index is 1220. The highest BCUT2D eigenvalue weighted by Crippen LogP contribution is 2.23. The molecule has 6 nitrogen and oxygen atoms in total. The first-order valence-corrected chi connectivity index (χ1v) is 11.2. The molecule has 0 spiro atoms. The first kappa shape index (κ1) is 21.9. The van der Waals surface area contributed by atoms with E-state index in [1.807, 2.05) is 50.6 Å². The number of carbonyl (C=O) groups is 1. The van der Waals surface area contributed by atoms with Gasteiger partial charge in [0.15, 0.2) is 0 Å². The van der Waals surface area contributed by atoms with Crippen LogP contribution in [0.5, 0.6) is 0 Å². The lowest BCUT2D eigenvalue weighted by Gasteiger charge is -2.12. The van der Waals surface area contributed by atoms with Crippen LogP contribution >= 0.6 is 11.6 Å². The molecule has 0 aliphatic heterocycles. The number of aryl methyl sites for hydroxylation is 3. The second-order valence-corrected chi connectivity index (χ2v) is 9.34. The van der Waals surface area contributed by atoms with Crippen LogP contribution < -0.4 is 10.0 Å². The molecule has 0 atom stereocenters. The summed E-state index contributed by atoms with van der Waals surface area (Å²) in [5.41, 5.74) is 4.60. The zero-order valence-corrected chi connectivity index (χ0v) is 18.9. The maximum atomic E-state index is 12.8. The first-order chi connectivity index (χ1) is 14.1. The molecule has 0 aliphatic rings. The summed E-state index contributed by atoms with van der Waals surface area (Å²) in [7, 11) is -1.97. The van der Waals surface area contributed by atoms with Gasteiger partial charge in [-0.25, -0.2) is 8.42 Å². The van der Waals surface area contributed by atoms with E-state index < -0.39 is 15.9 Å². The molecule has 2 N–H and O–H groups in total. The Morgan fingerprint density at radius 3 is 2.37 bits per heavy atom. The van der Waals surface area contributed by atoms with E-state index in [9.17, 15) is 13.2 Å². The minimum Gasteiger partial charge on any atom is -0.350 e. The largest absolute Gasteiger partial charge is 0.350 e. The van der Waals surface area contributed by atoms with Crippen LogP contribution in [-0.2, 0) is 23.6 Å². The van der Waals surface area contributed by atoms with Crippen molar-refractivity contribution in [2.45, 2.75) is 32.2 Å². The fraction of sp³-hybridized carbons (Fsp3) is 0.227. The molecule has 0 unspecified atom stereocenters. The van der Waals surface area contributed by atoms with Gasteiger partial charge in [0.05, 0.1) is 22.0 Å². The van der Waals surface area contributed by atoms with E-state index in [0.717, 1.165) is 22.5 Å². The van der Waals surface area contributed by atoms with Gasteiger partial charge in [-0.1, -0.05) is 17.7 Å². The number of hydrogen-bond donors (Lipinski definition) is 2. The zero-order valence-electron chi connectivity index (χ0n) is 17.3. The Hall–Kier alpha value is -2.77. The predicted molar refractivity (Wildman–Crippen MR) is 119 cm³/mol. The standard InChI is InChI=1S/C22H24ClN3O3S/c1-14-5-7-17(11-15(14)2)25-30(28,29)19-9-10-21(23)20(12-19)22(27)24-13-18-8-6-16(3)26(18)4/h5-12,25H,13H2,1-4H3,(H,24,27). The average molecular weight is 446 g/mol. The molecule has 0 aliphatic carbocycles. The average Bonchev–Trinajstić information content (AvgIpc) is 3.01. The fourth-order valence-electron chi connectivity index (χ4n) is 2.98. The molecule has 0 radical (unpaired) electrons. The van der Waals surface area contributed by atoms with E-state index in [1.54, 1.807) is 12.1 Å². The molecular weight excluding hydrogens is 422 g/mol. The Balaban J connectivity index is 1.81. The lowest BCUT2D eigenvalue weighted by Crippen LogP contribution is -2.25. The van der Waals surface area contributed by atoms with Crippen LogP contribution in [0.4, 0.5) is 5.69 Å². The second-order valence-electron chi connectivity index (χ2n) is 7.25. The number of amides is 1. The normalized spacial score (nSPS) is 11.4. The van der Waals surface area contributed by atoms with Crippen LogP contribution in [-0.4, -0.2) is 18.9 Å². The number of hydrogen-bond acceptors (Lipinski definition) is 3. The van der Waals surface area contributed by atoms with E-state index >= 15 is 0 Å². The predicted octanol–water partition coefficient (Wildman–Crippen LogP) is 4.33. The minimum absolute atomic E-state index is 0.0370. The van der Waals surface area contributed by atoms with E-state index in [4.69, 9.17) is 11.6 Å². The number of rotatable bonds is 6. The van der Waals surface area contributed by atoms with E-state index in [0.29, 0.717) is 12.2 Å². The highest BCUT2D eigenvalue weighted by atomic mass is 35.5. The summed E-state index contributed by atoms with van der Waals surface area (Å²) < 4.78 is 30.2. The van der Waals surface area contributed by atoms with Crippen LogP contribution in [0.2, 0.25) is 5.02 Å². The van der Waals surface area contributed by atoms with Gasteiger partial charge in [0, 0.05) is 24.1 Å². The molecule has 3 aromatic rings. The number of aromatic nitrogens is 1. The van der Waals surface area contributed by atoms with Gasteiger partial charge in [-0.15, -0.1) is 0 Å². The van der Waals surface area contributed by atoms with Gasteiger partial charge in [-0.05, 0) is 74.4 Å². The number of benzene rings is 2. The summed E-state index contributed by atoms with van der Waals surface area (Å²) in [5, 5.41) is 2.97. The number of carbonyl (C=O) groups excluding carboxylic acids is 1. The maximum Gasteiger partial charge on any atom is 0.261 e. The smallest absolute Gasteiger partial charge is 0.261 e. The quantitative estimate of drug-likeness (QED) is 0.592. The first-order valence-electron chi connectivity index (χ1n) is 9.37. The van der Waals surface area contributed by atoms with Crippen molar-refractivity contribution >= 4 is 33.2 Å². The zero-order chi connectivity index (χ0) is 22.1. The summed E-state index contributed by atoms with van der Waals surface area (Å²) >= 11 is 6.18. The molecular formula is C22H24ClN3O3S. The van der Waals surface area contributed by atoms with Crippen molar-refractivity contribution in [3.05, 3.63) is 81.6 Å². The summed E-state index contributed by atoms with van der Waals surface area (Å²) in [6.07, 6.45) is 0. The van der Waals surface area contributed by atoms with Gasteiger partial charge in [-0.2, -0.15) is 0 Å². The van der Waals surface area contributed by atoms with Gasteiger partial charge in [0.1, 0.15) is 0 Å². The Labute approximate surface area is 181 Å². The molecule has 1 amide bonds. The third kappa shape index (κ3) is 4.68. The van der Waals surface area contributed by atoms with Crippen molar-refractivity contribution in [2.75, 3.05) is 4.72 Å². The molecule has 0 saturated carbocycles. The van der Waals surface area contributed by atoms with Crippen LogP contribution in [0, 0.1) is 20.8 Å². The van der Waals surface area contributed by atoms with Crippen molar-refractivity contribution in [3.8, 4) is 0 Å². The SMILES string of the molecule is Cc1ccc(NS(=O)(=O)c2ccc(Cl)c(C(=O)NCc3ccc(C)n3C)c2)cc1C. The maximum absolute atomic E-state index is 12.8. The molecule has 1 heterocycles. The minimum atomic E-state index is -3.88. The molecule has 30 heavy (non-hydrogen) atoms. The van der Waals surface area contributed by atoms with Crippen molar-refractivity contribution < 1.29 is 13.2 Å². The van der Waals surface area contributed by atoms with E-state index in [1.165, 1.54) is 18.2 Å². The Kier molecular flexibility index (Phi) is 6.24.